The van der Waals surface area contributed by atoms with E-state index in [0.29, 0.717) is 24.4 Å². The Morgan fingerprint density at radius 1 is 1.35 bits per heavy atom. The number of ether oxygens (including phenoxy) is 1. The molecule has 0 bridgehead atoms. The number of nitrogens with one attached hydrogen (secondary N) is 1. The highest BCUT2D eigenvalue weighted by atomic mass is 16.5. The first-order valence-electron chi connectivity index (χ1n) is 7.28. The monoisotopic (exact) mass is 315 g/mol. The first kappa shape index (κ1) is 15.0. The molecule has 2 heterocycles. The van der Waals surface area contributed by atoms with Crippen LogP contribution in [0.3, 0.4) is 0 Å². The molecule has 1 saturated heterocycles. The molecule has 0 saturated carbocycles. The molecule has 1 fully saturated rings. The SMILES string of the molecule is COc1ccc(-n2cnnc2)cc1NC(=O)CN1CCCC1=O. The molecule has 3 rings (SSSR count). The van der Waals surface area contributed by atoms with Crippen LogP contribution in [0.5, 0.6) is 5.75 Å². The van der Waals surface area contributed by atoms with Crippen molar-refractivity contribution < 1.29 is 14.3 Å². The average Bonchev–Trinajstić information content (AvgIpc) is 3.20. The number of carbonyl (C=O) groups is 2. The van der Waals surface area contributed by atoms with Gasteiger partial charge in [-0.15, -0.1) is 10.2 Å². The predicted octanol–water partition coefficient (Wildman–Crippen LogP) is 0.837. The molecule has 2 amide bonds. The second kappa shape index (κ2) is 6.47. The minimum Gasteiger partial charge on any atom is -0.495 e. The van der Waals surface area contributed by atoms with Crippen LogP contribution in [0.25, 0.3) is 5.69 Å². The van der Waals surface area contributed by atoms with E-state index in [4.69, 9.17) is 4.74 Å². The third kappa shape index (κ3) is 3.31. The van der Waals surface area contributed by atoms with Gasteiger partial charge in [0, 0.05) is 13.0 Å². The maximum atomic E-state index is 12.2. The summed E-state index contributed by atoms with van der Waals surface area (Å²) in [5.74, 6) is 0.313. The fourth-order valence-corrected chi connectivity index (χ4v) is 2.52. The Kier molecular flexibility index (Phi) is 4.22. The van der Waals surface area contributed by atoms with Gasteiger partial charge in [0.25, 0.3) is 0 Å². The number of aromatic nitrogens is 3. The van der Waals surface area contributed by atoms with E-state index < -0.39 is 0 Å². The zero-order valence-corrected chi connectivity index (χ0v) is 12.7. The Labute approximate surface area is 133 Å². The van der Waals surface area contributed by atoms with Crippen molar-refractivity contribution in [3.05, 3.63) is 30.9 Å². The Bertz CT molecular complexity index is 714. The van der Waals surface area contributed by atoms with E-state index >= 15 is 0 Å². The number of nitrogens with zero attached hydrogens (tertiary/aromatic N) is 4. The molecule has 0 atom stereocenters. The van der Waals surface area contributed by atoms with Gasteiger partial charge in [0.05, 0.1) is 25.0 Å². The summed E-state index contributed by atoms with van der Waals surface area (Å²) in [5, 5.41) is 10.3. The number of likely N-dealkylation sites (tertiary alicyclic amines) is 1. The molecule has 2 aromatic rings. The van der Waals surface area contributed by atoms with Crippen molar-refractivity contribution in [3.63, 3.8) is 0 Å². The van der Waals surface area contributed by atoms with Crippen LogP contribution < -0.4 is 10.1 Å². The first-order valence-corrected chi connectivity index (χ1v) is 7.28. The molecule has 0 radical (unpaired) electrons. The van der Waals surface area contributed by atoms with Crippen LogP contribution in [-0.4, -0.2) is 51.7 Å². The second-order valence-corrected chi connectivity index (χ2v) is 5.22. The molecule has 8 nitrogen and oxygen atoms in total. The highest BCUT2D eigenvalue weighted by Gasteiger charge is 2.22. The number of anilines is 1. The molecule has 0 unspecified atom stereocenters. The van der Waals surface area contributed by atoms with Crippen molar-refractivity contribution in [1.82, 2.24) is 19.7 Å². The molecule has 1 aliphatic heterocycles. The number of amides is 2. The average molecular weight is 315 g/mol. The van der Waals surface area contributed by atoms with Crippen molar-refractivity contribution in [2.24, 2.45) is 0 Å². The van der Waals surface area contributed by atoms with Gasteiger partial charge in [0.15, 0.2) is 0 Å². The standard InChI is InChI=1S/C15H17N5O3/c1-23-13-5-4-11(20-9-16-17-10-20)7-12(13)18-14(21)8-19-6-2-3-15(19)22/h4-5,7,9-10H,2-3,6,8H2,1H3,(H,18,21). The number of benzene rings is 1. The van der Waals surface area contributed by atoms with E-state index in [0.717, 1.165) is 12.1 Å². The molecule has 1 aliphatic rings. The number of hydrogen-bond acceptors (Lipinski definition) is 5. The van der Waals surface area contributed by atoms with Crippen molar-refractivity contribution in [2.75, 3.05) is 25.5 Å². The summed E-state index contributed by atoms with van der Waals surface area (Å²) < 4.78 is 7.00. The largest absolute Gasteiger partial charge is 0.495 e. The lowest BCUT2D eigenvalue weighted by Crippen LogP contribution is -2.34. The van der Waals surface area contributed by atoms with Crippen molar-refractivity contribution >= 4 is 17.5 Å². The zero-order chi connectivity index (χ0) is 16.2. The molecular weight excluding hydrogens is 298 g/mol. The normalized spacial score (nSPS) is 14.1. The molecule has 120 valence electrons. The second-order valence-electron chi connectivity index (χ2n) is 5.22. The quantitative estimate of drug-likeness (QED) is 0.883. The third-order valence-electron chi connectivity index (χ3n) is 3.68. The Morgan fingerprint density at radius 2 is 2.13 bits per heavy atom. The Hall–Kier alpha value is -2.90. The van der Waals surface area contributed by atoms with Gasteiger partial charge in [-0.05, 0) is 24.6 Å². The van der Waals surface area contributed by atoms with Crippen LogP contribution in [0.1, 0.15) is 12.8 Å². The van der Waals surface area contributed by atoms with Gasteiger partial charge in [0.2, 0.25) is 11.8 Å². The summed E-state index contributed by atoms with van der Waals surface area (Å²) in [6, 6.07) is 5.36. The fraction of sp³-hybridized carbons (Fsp3) is 0.333. The molecule has 23 heavy (non-hydrogen) atoms. The lowest BCUT2D eigenvalue weighted by molar-refractivity contribution is -0.131. The van der Waals surface area contributed by atoms with Crippen LogP contribution in [-0.2, 0) is 9.59 Å². The summed E-state index contributed by atoms with van der Waals surface area (Å²) in [6.07, 6.45) is 4.45. The first-order chi connectivity index (χ1) is 11.2. The van der Waals surface area contributed by atoms with Gasteiger partial charge in [-0.2, -0.15) is 0 Å². The molecule has 8 heteroatoms. The van der Waals surface area contributed by atoms with Crippen LogP contribution in [0, 0.1) is 0 Å². The van der Waals surface area contributed by atoms with Crippen LogP contribution in [0.2, 0.25) is 0 Å². The summed E-state index contributed by atoms with van der Waals surface area (Å²) in [6.45, 7) is 0.684. The van der Waals surface area contributed by atoms with E-state index in [1.165, 1.54) is 7.11 Å². The molecule has 0 aliphatic carbocycles. The predicted molar refractivity (Wildman–Crippen MR) is 82.4 cm³/mol. The number of carbonyl (C=O) groups excluding carboxylic acids is 2. The van der Waals surface area contributed by atoms with E-state index in [2.05, 4.69) is 15.5 Å². The molecular formula is C15H17N5O3. The van der Waals surface area contributed by atoms with Crippen LogP contribution >= 0.6 is 0 Å². The van der Waals surface area contributed by atoms with Crippen LogP contribution in [0.15, 0.2) is 30.9 Å². The van der Waals surface area contributed by atoms with E-state index in [1.54, 1.807) is 34.3 Å². The summed E-state index contributed by atoms with van der Waals surface area (Å²) in [5.41, 5.74) is 1.33. The number of rotatable bonds is 5. The highest BCUT2D eigenvalue weighted by Crippen LogP contribution is 2.27. The van der Waals surface area contributed by atoms with E-state index in [-0.39, 0.29) is 18.4 Å². The van der Waals surface area contributed by atoms with Gasteiger partial charge in [-0.1, -0.05) is 0 Å². The number of methoxy groups -OCH3 is 1. The van der Waals surface area contributed by atoms with Crippen molar-refractivity contribution in [2.45, 2.75) is 12.8 Å². The van der Waals surface area contributed by atoms with E-state index in [9.17, 15) is 9.59 Å². The van der Waals surface area contributed by atoms with E-state index in [1.807, 2.05) is 6.07 Å². The maximum absolute atomic E-state index is 12.2. The lowest BCUT2D eigenvalue weighted by Gasteiger charge is -2.16. The highest BCUT2D eigenvalue weighted by molar-refractivity contribution is 5.96. The molecule has 1 aromatic heterocycles. The van der Waals surface area contributed by atoms with Gasteiger partial charge >= 0.3 is 0 Å². The fourth-order valence-electron chi connectivity index (χ4n) is 2.52. The van der Waals surface area contributed by atoms with Gasteiger partial charge in [0.1, 0.15) is 18.4 Å². The van der Waals surface area contributed by atoms with Crippen LogP contribution in [0.4, 0.5) is 5.69 Å². The molecule has 1 aromatic carbocycles. The molecule has 1 N–H and O–H groups in total. The topological polar surface area (TPSA) is 89.3 Å². The van der Waals surface area contributed by atoms with Crippen molar-refractivity contribution in [1.29, 1.82) is 0 Å². The summed E-state index contributed by atoms with van der Waals surface area (Å²) in [4.78, 5) is 25.3. The number of hydrogen-bond donors (Lipinski definition) is 1. The Morgan fingerprint density at radius 3 is 2.78 bits per heavy atom. The van der Waals surface area contributed by atoms with Gasteiger partial charge in [-0.3, -0.25) is 14.2 Å². The Balaban J connectivity index is 1.76. The minimum atomic E-state index is -0.251. The third-order valence-corrected chi connectivity index (χ3v) is 3.68. The van der Waals surface area contributed by atoms with Crippen molar-refractivity contribution in [3.8, 4) is 11.4 Å². The van der Waals surface area contributed by atoms with Gasteiger partial charge < -0.3 is 15.0 Å². The van der Waals surface area contributed by atoms with Gasteiger partial charge in [-0.25, -0.2) is 0 Å². The summed E-state index contributed by atoms with van der Waals surface area (Å²) in [7, 11) is 1.54. The zero-order valence-electron chi connectivity index (χ0n) is 12.7. The molecule has 0 spiro atoms. The minimum absolute atomic E-state index is 0.0188. The lowest BCUT2D eigenvalue weighted by atomic mass is 10.2. The maximum Gasteiger partial charge on any atom is 0.244 e. The smallest absolute Gasteiger partial charge is 0.244 e. The summed E-state index contributed by atoms with van der Waals surface area (Å²) >= 11 is 0.